The van der Waals surface area contributed by atoms with Crippen LogP contribution in [-0.2, 0) is 38.8 Å². The van der Waals surface area contributed by atoms with Gasteiger partial charge in [-0.1, -0.05) is 29.3 Å². The molecule has 0 aliphatic rings. The molecule has 0 aliphatic heterocycles. The number of hydrogen-bond acceptors (Lipinski definition) is 4. The summed E-state index contributed by atoms with van der Waals surface area (Å²) in [5, 5.41) is 0. The molecular weight excluding hydrogens is 285 g/mol. The van der Waals surface area contributed by atoms with Crippen LogP contribution >= 0.6 is 23.2 Å². The lowest BCUT2D eigenvalue weighted by Gasteiger charge is -2.19. The van der Waals surface area contributed by atoms with Gasteiger partial charge in [-0.25, -0.2) is 4.18 Å². The second-order valence-electron chi connectivity index (χ2n) is 2.24. The molecular formula is C6H5Cl2NO2S3. The van der Waals surface area contributed by atoms with Crippen molar-refractivity contribution in [2.75, 3.05) is 0 Å². The van der Waals surface area contributed by atoms with E-state index in [0.717, 1.165) is 0 Å². The number of aromatic nitrogens is 1. The summed E-state index contributed by atoms with van der Waals surface area (Å²) in [4.78, 5) is 3.86. The fourth-order valence-electron chi connectivity index (χ4n) is 0.710. The number of rotatable bonds is 3. The minimum atomic E-state index is -3.07. The molecule has 0 aliphatic carbocycles. The molecule has 3 nitrogen and oxygen atoms in total. The molecule has 1 aromatic rings. The predicted octanol–water partition coefficient (Wildman–Crippen LogP) is 2.15. The molecule has 8 heteroatoms. The predicted molar refractivity (Wildman–Crippen MR) is 63.4 cm³/mol. The number of nitrogens with zero attached hydrogens (tertiary/aromatic N) is 1. The first-order chi connectivity index (χ1) is 6.31. The molecule has 14 heavy (non-hydrogen) atoms. The van der Waals surface area contributed by atoms with E-state index in [1.54, 1.807) is 12.1 Å². The molecule has 0 saturated carbocycles. The Morgan fingerprint density at radius 1 is 1.43 bits per heavy atom. The van der Waals surface area contributed by atoms with Crippen LogP contribution in [-0.4, -0.2) is 9.54 Å². The molecule has 0 bridgehead atoms. The Balaban J connectivity index is 2.97. The van der Waals surface area contributed by atoms with Crippen molar-refractivity contribution in [1.29, 1.82) is 0 Å². The van der Waals surface area contributed by atoms with Crippen molar-refractivity contribution in [2.24, 2.45) is 0 Å². The summed E-state index contributed by atoms with van der Waals surface area (Å²) in [5.41, 5.74) is 0.226. The Kier molecular flexibility index (Phi) is 4.04. The Bertz CT molecular complexity index is 406. The molecule has 1 N–H and O–H groups in total. The van der Waals surface area contributed by atoms with Gasteiger partial charge in [0.15, 0.2) is 0 Å². The van der Waals surface area contributed by atoms with Gasteiger partial charge in [-0.2, -0.15) is 0 Å². The van der Waals surface area contributed by atoms with Gasteiger partial charge >= 0.3 is 0 Å². The molecule has 0 aromatic carbocycles. The van der Waals surface area contributed by atoms with Crippen molar-refractivity contribution in [1.82, 2.24) is 4.98 Å². The third kappa shape index (κ3) is 3.90. The molecule has 0 atom stereocenters. The molecule has 0 amide bonds. The second kappa shape index (κ2) is 4.52. The average Bonchev–Trinajstić information content (AvgIpc) is 2.01. The molecule has 78 valence electrons. The van der Waals surface area contributed by atoms with Crippen LogP contribution in [0.15, 0.2) is 24.4 Å². The van der Waals surface area contributed by atoms with Gasteiger partial charge < -0.3 is 4.55 Å². The molecule has 0 unspecified atom stereocenters. The maximum Gasteiger partial charge on any atom is 0.275 e. The van der Waals surface area contributed by atoms with Crippen LogP contribution in [0.2, 0.25) is 0 Å². The van der Waals surface area contributed by atoms with Gasteiger partial charge in [-0.3, -0.25) is 4.98 Å². The maximum absolute atomic E-state index is 9.11. The van der Waals surface area contributed by atoms with Crippen molar-refractivity contribution in [3.63, 3.8) is 0 Å². The summed E-state index contributed by atoms with van der Waals surface area (Å²) in [7, 11) is -3.07. The van der Waals surface area contributed by atoms with Crippen molar-refractivity contribution in [2.45, 2.75) is 4.52 Å². The summed E-state index contributed by atoms with van der Waals surface area (Å²) in [6.07, 6.45) is 1.49. The fraction of sp³-hybridized carbons (Fsp3) is 0.167. The minimum absolute atomic E-state index is 0.226. The first kappa shape index (κ1) is 12.5. The van der Waals surface area contributed by atoms with Crippen LogP contribution in [0.3, 0.4) is 0 Å². The van der Waals surface area contributed by atoms with E-state index in [0.29, 0.717) is 0 Å². The van der Waals surface area contributed by atoms with Gasteiger partial charge in [0.25, 0.3) is 4.52 Å². The van der Waals surface area contributed by atoms with Gasteiger partial charge in [0.2, 0.25) is 0 Å². The minimum Gasteiger partial charge on any atom is -0.306 e. The second-order valence-corrected chi connectivity index (χ2v) is 7.87. The molecule has 1 rings (SSSR count). The van der Waals surface area contributed by atoms with Crippen molar-refractivity contribution >= 4 is 53.3 Å². The van der Waals surface area contributed by atoms with E-state index in [1.165, 1.54) is 12.3 Å². The highest BCUT2D eigenvalue weighted by molar-refractivity contribution is 8.51. The third-order valence-corrected chi connectivity index (χ3v) is 2.77. The SMILES string of the molecule is OS(=S)(=S)OC(Cl)(Cl)c1ccccn1. The number of halogens is 2. The van der Waals surface area contributed by atoms with Crippen molar-refractivity contribution in [3.8, 4) is 0 Å². The standard InChI is InChI=1S/C6H5Cl2NO2S3/c7-6(8,11-14(10,12)13)5-3-1-2-4-9-5/h1-4H,(H,10,12,13). The van der Waals surface area contributed by atoms with Gasteiger partial charge in [0, 0.05) is 28.6 Å². The molecule has 1 heterocycles. The first-order valence-corrected chi connectivity index (χ1v) is 7.41. The number of pyridine rings is 1. The van der Waals surface area contributed by atoms with E-state index >= 15 is 0 Å². The lowest BCUT2D eigenvalue weighted by Crippen LogP contribution is -2.20. The van der Waals surface area contributed by atoms with E-state index in [2.05, 4.69) is 27.4 Å². The van der Waals surface area contributed by atoms with E-state index in [9.17, 15) is 0 Å². The molecule has 1 aromatic heterocycles. The van der Waals surface area contributed by atoms with E-state index in [1.807, 2.05) is 0 Å². The maximum atomic E-state index is 9.11. The monoisotopic (exact) mass is 289 g/mol. The Morgan fingerprint density at radius 3 is 2.50 bits per heavy atom. The quantitative estimate of drug-likeness (QED) is 0.864. The normalized spacial score (nSPS) is 12.8. The fourth-order valence-corrected chi connectivity index (χ4v) is 2.89. The van der Waals surface area contributed by atoms with Gasteiger partial charge in [0.1, 0.15) is 13.4 Å². The van der Waals surface area contributed by atoms with Crippen LogP contribution in [0.1, 0.15) is 5.69 Å². The zero-order chi connectivity index (χ0) is 10.8. The first-order valence-electron chi connectivity index (χ1n) is 3.29. The van der Waals surface area contributed by atoms with Crippen LogP contribution < -0.4 is 0 Å². The summed E-state index contributed by atoms with van der Waals surface area (Å²) < 4.78 is 12.0. The lowest BCUT2D eigenvalue weighted by molar-refractivity contribution is 0.260. The highest BCUT2D eigenvalue weighted by Gasteiger charge is 2.32. The van der Waals surface area contributed by atoms with E-state index < -0.39 is 12.2 Å². The molecule has 0 saturated heterocycles. The zero-order valence-electron chi connectivity index (χ0n) is 6.59. The van der Waals surface area contributed by atoms with Crippen LogP contribution in [0.5, 0.6) is 0 Å². The average molecular weight is 290 g/mol. The Morgan fingerprint density at radius 2 is 2.07 bits per heavy atom. The number of hydrogen-bond donors (Lipinski definition) is 1. The van der Waals surface area contributed by atoms with Gasteiger partial charge in [0.05, 0.1) is 0 Å². The Hall–Kier alpha value is 0.440. The lowest BCUT2D eigenvalue weighted by atomic mass is 10.4. The number of alkyl halides is 2. The van der Waals surface area contributed by atoms with Crippen LogP contribution in [0.4, 0.5) is 0 Å². The van der Waals surface area contributed by atoms with Crippen molar-refractivity contribution in [3.05, 3.63) is 30.1 Å². The summed E-state index contributed by atoms with van der Waals surface area (Å²) >= 11 is 20.4. The summed E-state index contributed by atoms with van der Waals surface area (Å²) in [5.74, 6) is 0. The van der Waals surface area contributed by atoms with Crippen LogP contribution in [0.25, 0.3) is 0 Å². The smallest absolute Gasteiger partial charge is 0.275 e. The van der Waals surface area contributed by atoms with E-state index in [4.69, 9.17) is 31.9 Å². The van der Waals surface area contributed by atoms with Gasteiger partial charge in [-0.05, 0) is 12.1 Å². The third-order valence-electron chi connectivity index (χ3n) is 1.17. The molecule has 0 spiro atoms. The highest BCUT2D eigenvalue weighted by Crippen LogP contribution is 2.35. The largest absolute Gasteiger partial charge is 0.306 e. The zero-order valence-corrected chi connectivity index (χ0v) is 10.6. The summed E-state index contributed by atoms with van der Waals surface area (Å²) in [6.45, 7) is 0. The molecule has 0 fully saturated rings. The van der Waals surface area contributed by atoms with Gasteiger partial charge in [-0.15, -0.1) is 0 Å². The highest BCUT2D eigenvalue weighted by atomic mass is 35.5. The van der Waals surface area contributed by atoms with Crippen molar-refractivity contribution < 1.29 is 8.74 Å². The van der Waals surface area contributed by atoms with Crippen LogP contribution in [0, 0.1) is 0 Å². The molecule has 0 radical (unpaired) electrons. The Labute approximate surface area is 101 Å². The van der Waals surface area contributed by atoms with E-state index in [-0.39, 0.29) is 5.69 Å². The topological polar surface area (TPSA) is 42.4 Å². The summed E-state index contributed by atoms with van der Waals surface area (Å²) in [6, 6.07) is 4.90.